The number of anilines is 1. The van der Waals surface area contributed by atoms with Crippen LogP contribution in [0.25, 0.3) is 0 Å². The normalized spacial score (nSPS) is 11.8. The van der Waals surface area contributed by atoms with Crippen molar-refractivity contribution in [2.24, 2.45) is 0 Å². The van der Waals surface area contributed by atoms with Crippen molar-refractivity contribution in [2.45, 2.75) is 26.4 Å². The third kappa shape index (κ3) is 6.43. The highest BCUT2D eigenvalue weighted by Gasteiger charge is 2.02. The lowest BCUT2D eigenvalue weighted by Crippen LogP contribution is -2.32. The molecule has 5 heteroatoms. The van der Waals surface area contributed by atoms with Crippen LogP contribution >= 0.6 is 0 Å². The molecule has 112 valence electrons. The molecule has 0 aliphatic rings. The van der Waals surface area contributed by atoms with E-state index in [-0.39, 0.29) is 18.6 Å². The maximum Gasteiger partial charge on any atom is 0.239 e. The zero-order valence-corrected chi connectivity index (χ0v) is 12.4. The van der Waals surface area contributed by atoms with Crippen molar-refractivity contribution in [1.29, 1.82) is 0 Å². The summed E-state index contributed by atoms with van der Waals surface area (Å²) < 4.78 is 10.5. The minimum absolute atomic E-state index is 0.0537. The molecule has 0 saturated heterocycles. The lowest BCUT2D eigenvalue weighted by molar-refractivity contribution is -0.119. The first kappa shape index (κ1) is 16.3. The van der Waals surface area contributed by atoms with Crippen molar-refractivity contribution in [1.82, 2.24) is 5.32 Å². The molecule has 0 spiro atoms. The third-order valence-corrected chi connectivity index (χ3v) is 2.85. The van der Waals surface area contributed by atoms with Gasteiger partial charge in [0.1, 0.15) is 5.75 Å². The Morgan fingerprint density at radius 1 is 1.30 bits per heavy atom. The van der Waals surface area contributed by atoms with Crippen LogP contribution in [-0.4, -0.2) is 38.8 Å². The van der Waals surface area contributed by atoms with Crippen LogP contribution in [0, 0.1) is 0 Å². The summed E-state index contributed by atoms with van der Waals surface area (Å²) in [7, 11) is 1.60. The van der Waals surface area contributed by atoms with Crippen molar-refractivity contribution in [3.8, 4) is 5.75 Å². The zero-order chi connectivity index (χ0) is 14.8. The SMILES string of the molecule is CCC(C)Oc1ccc(NCC(=O)NCCOC)cc1. The van der Waals surface area contributed by atoms with Crippen LogP contribution in [0.1, 0.15) is 20.3 Å². The largest absolute Gasteiger partial charge is 0.491 e. The van der Waals surface area contributed by atoms with Crippen LogP contribution in [0.2, 0.25) is 0 Å². The average Bonchev–Trinajstić information content (AvgIpc) is 2.46. The number of ether oxygens (including phenoxy) is 2. The maximum atomic E-state index is 11.5. The molecule has 0 heterocycles. The molecule has 0 bridgehead atoms. The number of rotatable bonds is 9. The number of hydrogen-bond donors (Lipinski definition) is 2. The van der Waals surface area contributed by atoms with Crippen molar-refractivity contribution >= 4 is 11.6 Å². The monoisotopic (exact) mass is 280 g/mol. The first-order valence-corrected chi connectivity index (χ1v) is 6.92. The average molecular weight is 280 g/mol. The molecule has 1 atom stereocenters. The Morgan fingerprint density at radius 3 is 2.60 bits per heavy atom. The Morgan fingerprint density at radius 2 is 2.00 bits per heavy atom. The second kappa shape index (κ2) is 9.20. The number of carbonyl (C=O) groups is 1. The first-order chi connectivity index (χ1) is 9.65. The second-order valence-corrected chi connectivity index (χ2v) is 4.56. The number of hydrogen-bond acceptors (Lipinski definition) is 4. The van der Waals surface area contributed by atoms with Crippen molar-refractivity contribution in [2.75, 3.05) is 32.1 Å². The van der Waals surface area contributed by atoms with Gasteiger partial charge in [0.25, 0.3) is 0 Å². The molecule has 2 N–H and O–H groups in total. The van der Waals surface area contributed by atoms with Gasteiger partial charge >= 0.3 is 0 Å². The number of carbonyl (C=O) groups excluding carboxylic acids is 1. The van der Waals surface area contributed by atoms with Crippen LogP contribution < -0.4 is 15.4 Å². The molecule has 0 aromatic heterocycles. The zero-order valence-electron chi connectivity index (χ0n) is 12.4. The van der Waals surface area contributed by atoms with Crippen molar-refractivity contribution in [3.05, 3.63) is 24.3 Å². The Hall–Kier alpha value is -1.75. The molecular weight excluding hydrogens is 256 g/mol. The smallest absolute Gasteiger partial charge is 0.239 e. The van der Waals surface area contributed by atoms with Crippen molar-refractivity contribution in [3.63, 3.8) is 0 Å². The minimum Gasteiger partial charge on any atom is -0.491 e. The fourth-order valence-corrected chi connectivity index (χ4v) is 1.50. The van der Waals surface area contributed by atoms with E-state index >= 15 is 0 Å². The summed E-state index contributed by atoms with van der Waals surface area (Å²) in [6, 6.07) is 7.61. The van der Waals surface area contributed by atoms with Gasteiger partial charge in [0, 0.05) is 19.3 Å². The van der Waals surface area contributed by atoms with Crippen LogP contribution in [-0.2, 0) is 9.53 Å². The molecule has 0 aliphatic carbocycles. The molecule has 0 fully saturated rings. The molecule has 1 amide bonds. The van der Waals surface area contributed by atoms with E-state index in [0.29, 0.717) is 13.2 Å². The minimum atomic E-state index is -0.0537. The molecular formula is C15H24N2O3. The predicted molar refractivity (Wildman–Crippen MR) is 80.2 cm³/mol. The summed E-state index contributed by atoms with van der Waals surface area (Å²) in [6.45, 7) is 5.42. The van der Waals surface area contributed by atoms with Gasteiger partial charge in [-0.15, -0.1) is 0 Å². The van der Waals surface area contributed by atoms with Crippen molar-refractivity contribution < 1.29 is 14.3 Å². The summed E-state index contributed by atoms with van der Waals surface area (Å²) in [4.78, 5) is 11.5. The summed E-state index contributed by atoms with van der Waals surface area (Å²) in [5.74, 6) is 0.788. The third-order valence-electron chi connectivity index (χ3n) is 2.85. The molecule has 1 unspecified atom stereocenters. The fourth-order valence-electron chi connectivity index (χ4n) is 1.50. The van der Waals surface area contributed by atoms with E-state index in [1.54, 1.807) is 7.11 Å². The molecule has 0 saturated carbocycles. The lowest BCUT2D eigenvalue weighted by Gasteiger charge is -2.13. The number of methoxy groups -OCH3 is 1. The standard InChI is InChI=1S/C15H24N2O3/c1-4-12(2)20-14-7-5-13(6-8-14)17-11-15(18)16-9-10-19-3/h5-8,12,17H,4,9-11H2,1-3H3,(H,16,18). The van der Waals surface area contributed by atoms with E-state index in [2.05, 4.69) is 17.6 Å². The molecule has 1 rings (SSSR count). The van der Waals surface area contributed by atoms with Crippen LogP contribution in [0.5, 0.6) is 5.75 Å². The number of benzene rings is 1. The summed E-state index contributed by atoms with van der Waals surface area (Å²) in [5, 5.41) is 5.81. The second-order valence-electron chi connectivity index (χ2n) is 4.56. The van der Waals surface area contributed by atoms with Gasteiger partial charge in [0.05, 0.1) is 19.3 Å². The maximum absolute atomic E-state index is 11.5. The Bertz CT molecular complexity index is 393. The predicted octanol–water partition coefficient (Wildman–Crippen LogP) is 2.04. The molecule has 5 nitrogen and oxygen atoms in total. The van der Waals surface area contributed by atoms with Gasteiger partial charge in [0.2, 0.25) is 5.91 Å². The highest BCUT2D eigenvalue weighted by Crippen LogP contribution is 2.17. The van der Waals surface area contributed by atoms with E-state index in [0.717, 1.165) is 17.9 Å². The van der Waals surface area contributed by atoms with Gasteiger partial charge in [-0.05, 0) is 37.6 Å². The molecule has 1 aromatic rings. The molecule has 0 radical (unpaired) electrons. The van der Waals surface area contributed by atoms with Gasteiger partial charge in [0.15, 0.2) is 0 Å². The van der Waals surface area contributed by atoms with E-state index < -0.39 is 0 Å². The molecule has 1 aromatic carbocycles. The summed E-state index contributed by atoms with van der Waals surface area (Å²) in [5.41, 5.74) is 0.892. The van der Waals surface area contributed by atoms with Gasteiger partial charge in [-0.1, -0.05) is 6.92 Å². The van der Waals surface area contributed by atoms with E-state index in [4.69, 9.17) is 9.47 Å². The van der Waals surface area contributed by atoms with Gasteiger partial charge in [-0.25, -0.2) is 0 Å². The van der Waals surface area contributed by atoms with E-state index in [1.165, 1.54) is 0 Å². The van der Waals surface area contributed by atoms with E-state index in [9.17, 15) is 4.79 Å². The molecule has 0 aliphatic heterocycles. The lowest BCUT2D eigenvalue weighted by atomic mass is 10.3. The topological polar surface area (TPSA) is 59.6 Å². The van der Waals surface area contributed by atoms with Crippen LogP contribution in [0.4, 0.5) is 5.69 Å². The Labute approximate surface area is 120 Å². The van der Waals surface area contributed by atoms with E-state index in [1.807, 2.05) is 31.2 Å². The highest BCUT2D eigenvalue weighted by molar-refractivity contribution is 5.80. The summed E-state index contributed by atoms with van der Waals surface area (Å²) >= 11 is 0. The quantitative estimate of drug-likeness (QED) is 0.680. The highest BCUT2D eigenvalue weighted by atomic mass is 16.5. The fraction of sp³-hybridized carbons (Fsp3) is 0.533. The number of nitrogens with one attached hydrogen (secondary N) is 2. The van der Waals surface area contributed by atoms with Crippen LogP contribution in [0.15, 0.2) is 24.3 Å². The Kier molecular flexibility index (Phi) is 7.50. The first-order valence-electron chi connectivity index (χ1n) is 6.92. The van der Waals surface area contributed by atoms with Gasteiger partial charge < -0.3 is 20.1 Å². The Balaban J connectivity index is 2.32. The van der Waals surface area contributed by atoms with Gasteiger partial charge in [-0.2, -0.15) is 0 Å². The van der Waals surface area contributed by atoms with Crippen LogP contribution in [0.3, 0.4) is 0 Å². The van der Waals surface area contributed by atoms with Gasteiger partial charge in [-0.3, -0.25) is 4.79 Å². The molecule has 20 heavy (non-hydrogen) atoms. The summed E-state index contributed by atoms with van der Waals surface area (Å²) in [6.07, 6.45) is 1.18. The number of amides is 1.